The molecule has 2 saturated carbocycles. The van der Waals surface area contributed by atoms with Crippen LogP contribution in [0.5, 0.6) is 5.75 Å². The summed E-state index contributed by atoms with van der Waals surface area (Å²) in [6, 6.07) is 5.19. The topological polar surface area (TPSA) is 64.3 Å². The van der Waals surface area contributed by atoms with Crippen molar-refractivity contribution in [3.05, 3.63) is 23.8 Å². The first-order chi connectivity index (χ1) is 9.69. The van der Waals surface area contributed by atoms with Crippen LogP contribution < -0.4 is 15.8 Å². The van der Waals surface area contributed by atoms with Crippen LogP contribution in [0.2, 0.25) is 0 Å². The Kier molecular flexibility index (Phi) is 3.55. The van der Waals surface area contributed by atoms with E-state index in [1.54, 1.807) is 25.3 Å². The first kappa shape index (κ1) is 13.3. The number of carbonyl (C=O) groups excluding carboxylic acids is 1. The molecule has 0 atom stereocenters. The summed E-state index contributed by atoms with van der Waals surface area (Å²) in [4.78, 5) is 12.2. The zero-order valence-electron chi connectivity index (χ0n) is 11.9. The molecule has 3 N–H and O–H groups in total. The molecule has 2 aliphatic carbocycles. The van der Waals surface area contributed by atoms with Gasteiger partial charge < -0.3 is 15.8 Å². The van der Waals surface area contributed by atoms with Crippen LogP contribution in [0.3, 0.4) is 0 Å². The van der Waals surface area contributed by atoms with Gasteiger partial charge >= 0.3 is 0 Å². The van der Waals surface area contributed by atoms with E-state index in [9.17, 15) is 4.79 Å². The van der Waals surface area contributed by atoms with Gasteiger partial charge in [-0.3, -0.25) is 4.79 Å². The van der Waals surface area contributed by atoms with Gasteiger partial charge in [0.2, 0.25) is 0 Å². The predicted octanol–water partition coefficient (Wildman–Crippen LogP) is 2.44. The number of hydrogen-bond acceptors (Lipinski definition) is 3. The summed E-state index contributed by atoms with van der Waals surface area (Å²) < 4.78 is 5.10. The highest BCUT2D eigenvalue weighted by Gasteiger charge is 2.41. The summed E-state index contributed by atoms with van der Waals surface area (Å²) in [6.45, 7) is 0.791. The lowest BCUT2D eigenvalue weighted by Gasteiger charge is -2.16. The van der Waals surface area contributed by atoms with Crippen molar-refractivity contribution < 1.29 is 9.53 Å². The third-order valence-electron chi connectivity index (χ3n) is 4.46. The number of nitrogens with two attached hydrogens (primary N) is 1. The quantitative estimate of drug-likeness (QED) is 0.783. The fourth-order valence-electron chi connectivity index (χ4n) is 2.95. The van der Waals surface area contributed by atoms with Gasteiger partial charge in [-0.05, 0) is 55.6 Å². The maximum absolute atomic E-state index is 12.2. The maximum atomic E-state index is 12.2. The SMILES string of the molecule is COc1ccc(C(=O)NCC(C2CC2)C2CC2)c(N)c1. The lowest BCUT2D eigenvalue weighted by molar-refractivity contribution is 0.0944. The second-order valence-electron chi connectivity index (χ2n) is 6.00. The van der Waals surface area contributed by atoms with Crippen LogP contribution in [0.1, 0.15) is 36.0 Å². The van der Waals surface area contributed by atoms with Crippen LogP contribution in [-0.4, -0.2) is 19.6 Å². The molecule has 20 heavy (non-hydrogen) atoms. The first-order valence-corrected chi connectivity index (χ1v) is 7.40. The van der Waals surface area contributed by atoms with Gasteiger partial charge in [0.1, 0.15) is 5.75 Å². The molecule has 108 valence electrons. The zero-order chi connectivity index (χ0) is 14.1. The van der Waals surface area contributed by atoms with E-state index < -0.39 is 0 Å². The number of hydrogen-bond donors (Lipinski definition) is 2. The number of amides is 1. The fourth-order valence-corrected chi connectivity index (χ4v) is 2.95. The van der Waals surface area contributed by atoms with Crippen molar-refractivity contribution in [2.45, 2.75) is 25.7 Å². The molecule has 0 aromatic heterocycles. The van der Waals surface area contributed by atoms with Gasteiger partial charge in [0.25, 0.3) is 5.91 Å². The monoisotopic (exact) mass is 274 g/mol. The molecule has 1 aromatic rings. The number of ether oxygens (including phenoxy) is 1. The van der Waals surface area contributed by atoms with E-state index in [-0.39, 0.29) is 5.91 Å². The molecule has 4 nitrogen and oxygen atoms in total. The van der Waals surface area contributed by atoms with Crippen LogP contribution in [-0.2, 0) is 0 Å². The zero-order valence-corrected chi connectivity index (χ0v) is 11.9. The van der Waals surface area contributed by atoms with E-state index in [1.165, 1.54) is 25.7 Å². The average Bonchev–Trinajstić information content (AvgIpc) is 3.31. The Morgan fingerprint density at radius 3 is 2.50 bits per heavy atom. The van der Waals surface area contributed by atoms with Crippen LogP contribution in [0.25, 0.3) is 0 Å². The van der Waals surface area contributed by atoms with Gasteiger partial charge in [-0.1, -0.05) is 0 Å². The Balaban J connectivity index is 1.60. The number of rotatable bonds is 6. The van der Waals surface area contributed by atoms with Crippen molar-refractivity contribution in [1.29, 1.82) is 0 Å². The normalized spacial score (nSPS) is 18.1. The van der Waals surface area contributed by atoms with Crippen LogP contribution >= 0.6 is 0 Å². The van der Waals surface area contributed by atoms with E-state index in [1.807, 2.05) is 0 Å². The standard InChI is InChI=1S/C16H22N2O2/c1-20-12-6-7-13(15(17)8-12)16(19)18-9-14(10-2-3-10)11-4-5-11/h6-8,10-11,14H,2-5,9,17H2,1H3,(H,18,19). The lowest BCUT2D eigenvalue weighted by Crippen LogP contribution is -2.31. The summed E-state index contributed by atoms with van der Waals surface area (Å²) in [6.07, 6.45) is 5.34. The molecule has 3 rings (SSSR count). The Morgan fingerprint density at radius 1 is 1.35 bits per heavy atom. The summed E-state index contributed by atoms with van der Waals surface area (Å²) in [5.41, 5.74) is 6.91. The molecule has 4 heteroatoms. The van der Waals surface area contributed by atoms with Crippen molar-refractivity contribution in [3.8, 4) is 5.75 Å². The highest BCUT2D eigenvalue weighted by molar-refractivity contribution is 5.99. The first-order valence-electron chi connectivity index (χ1n) is 7.40. The fraction of sp³-hybridized carbons (Fsp3) is 0.562. The molecule has 0 spiro atoms. The van der Waals surface area contributed by atoms with Crippen molar-refractivity contribution in [2.75, 3.05) is 19.4 Å². The highest BCUT2D eigenvalue weighted by atomic mass is 16.5. The van der Waals surface area contributed by atoms with Gasteiger partial charge in [-0.25, -0.2) is 0 Å². The number of anilines is 1. The van der Waals surface area contributed by atoms with Gasteiger partial charge in [0.15, 0.2) is 0 Å². The number of nitrogen functional groups attached to an aromatic ring is 1. The molecule has 0 saturated heterocycles. The summed E-state index contributed by atoms with van der Waals surface area (Å²) >= 11 is 0. The van der Waals surface area contributed by atoms with E-state index >= 15 is 0 Å². The number of nitrogens with one attached hydrogen (secondary N) is 1. The summed E-state index contributed by atoms with van der Waals surface area (Å²) in [5, 5.41) is 3.06. The van der Waals surface area contributed by atoms with Crippen LogP contribution in [0.15, 0.2) is 18.2 Å². The van der Waals surface area contributed by atoms with Crippen molar-refractivity contribution in [1.82, 2.24) is 5.32 Å². The van der Waals surface area contributed by atoms with Crippen LogP contribution in [0.4, 0.5) is 5.69 Å². The molecule has 0 unspecified atom stereocenters. The van der Waals surface area contributed by atoms with Gasteiger partial charge in [0, 0.05) is 18.3 Å². The maximum Gasteiger partial charge on any atom is 0.253 e. The van der Waals surface area contributed by atoms with Gasteiger partial charge in [0.05, 0.1) is 12.7 Å². The van der Waals surface area contributed by atoms with E-state index in [2.05, 4.69) is 5.32 Å². The number of carbonyl (C=O) groups is 1. The molecule has 0 radical (unpaired) electrons. The molecule has 2 fully saturated rings. The molecule has 1 aromatic carbocycles. The second kappa shape index (κ2) is 5.35. The minimum absolute atomic E-state index is 0.0727. The molecule has 2 aliphatic rings. The predicted molar refractivity (Wildman–Crippen MR) is 78.7 cm³/mol. The Bertz CT molecular complexity index is 495. The number of benzene rings is 1. The third kappa shape index (κ3) is 2.89. The van der Waals surface area contributed by atoms with E-state index in [0.29, 0.717) is 22.9 Å². The van der Waals surface area contributed by atoms with Crippen molar-refractivity contribution in [3.63, 3.8) is 0 Å². The smallest absolute Gasteiger partial charge is 0.253 e. The minimum atomic E-state index is -0.0727. The largest absolute Gasteiger partial charge is 0.497 e. The van der Waals surface area contributed by atoms with Gasteiger partial charge in [-0.15, -0.1) is 0 Å². The minimum Gasteiger partial charge on any atom is -0.497 e. The third-order valence-corrected chi connectivity index (χ3v) is 4.46. The molecule has 0 aliphatic heterocycles. The molecular formula is C16H22N2O2. The van der Waals surface area contributed by atoms with Crippen molar-refractivity contribution in [2.24, 2.45) is 17.8 Å². The molecule has 0 bridgehead atoms. The van der Waals surface area contributed by atoms with Crippen LogP contribution in [0, 0.1) is 17.8 Å². The summed E-state index contributed by atoms with van der Waals surface area (Å²) in [5.74, 6) is 2.97. The second-order valence-corrected chi connectivity index (χ2v) is 6.00. The Morgan fingerprint density at radius 2 is 2.00 bits per heavy atom. The van der Waals surface area contributed by atoms with E-state index in [0.717, 1.165) is 18.4 Å². The molecule has 0 heterocycles. The highest BCUT2D eigenvalue weighted by Crippen LogP contribution is 2.48. The van der Waals surface area contributed by atoms with Gasteiger partial charge in [-0.2, -0.15) is 0 Å². The lowest BCUT2D eigenvalue weighted by atomic mass is 9.98. The van der Waals surface area contributed by atoms with Crippen molar-refractivity contribution >= 4 is 11.6 Å². The average molecular weight is 274 g/mol. The Labute approximate surface area is 119 Å². The summed E-state index contributed by atoms with van der Waals surface area (Å²) in [7, 11) is 1.59. The molecular weight excluding hydrogens is 252 g/mol. The Hall–Kier alpha value is -1.71. The molecule has 1 amide bonds. The van der Waals surface area contributed by atoms with E-state index in [4.69, 9.17) is 10.5 Å². The number of methoxy groups -OCH3 is 1.